The Morgan fingerprint density at radius 3 is 2.59 bits per heavy atom. The molecule has 0 fully saturated rings. The van der Waals surface area contributed by atoms with Gasteiger partial charge in [0.1, 0.15) is 5.82 Å². The fraction of sp³-hybridized carbons (Fsp3) is 0.167. The smallest absolute Gasteiger partial charge is 0.138 e. The van der Waals surface area contributed by atoms with Gasteiger partial charge in [0.25, 0.3) is 0 Å². The van der Waals surface area contributed by atoms with Gasteiger partial charge in [-0.15, -0.1) is 0 Å². The summed E-state index contributed by atoms with van der Waals surface area (Å²) in [6.07, 6.45) is 0. The van der Waals surface area contributed by atoms with Gasteiger partial charge in [-0.2, -0.15) is 4.33 Å². The molecule has 0 aromatic heterocycles. The molecule has 0 aliphatic heterocycles. The molecule has 0 N–H and O–H groups in total. The first-order valence-electron chi connectivity index (χ1n) is 4.88. The second-order valence-electron chi connectivity index (χ2n) is 3.55. The molecule has 0 bridgehead atoms. The molecule has 2 aromatic rings. The highest BCUT2D eigenvalue weighted by Gasteiger charge is 2.07. The van der Waals surface area contributed by atoms with Crippen LogP contribution < -0.4 is 0 Å². The largest absolute Gasteiger partial charge is 0.227 e. The molecule has 0 saturated carbocycles. The lowest BCUT2D eigenvalue weighted by atomic mass is 10.1. The highest BCUT2D eigenvalue weighted by atomic mass is 79.9. The van der Waals surface area contributed by atoms with E-state index in [1.807, 2.05) is 19.1 Å². The van der Waals surface area contributed by atoms with E-state index in [2.05, 4.69) is 20.8 Å². The molecular weight excluding hydrogens is 307 g/mol. The van der Waals surface area contributed by atoms with Gasteiger partial charge >= 0.3 is 0 Å². The maximum atomic E-state index is 13.4. The number of hydrogen-bond donors (Lipinski definition) is 0. The molecule has 5 heteroatoms. The van der Waals surface area contributed by atoms with Crippen molar-refractivity contribution in [2.75, 3.05) is 7.11 Å². The van der Waals surface area contributed by atoms with Gasteiger partial charge < -0.3 is 0 Å². The summed E-state index contributed by atoms with van der Waals surface area (Å²) in [4.78, 5) is 5.44. The number of halogens is 2. The van der Waals surface area contributed by atoms with Gasteiger partial charge in [-0.1, -0.05) is 6.07 Å². The molecule has 2 nitrogen and oxygen atoms in total. The van der Waals surface area contributed by atoms with E-state index < -0.39 is 0 Å². The summed E-state index contributed by atoms with van der Waals surface area (Å²) >= 11 is 4.29. The van der Waals surface area contributed by atoms with Crippen LogP contribution in [0.2, 0.25) is 0 Å². The van der Waals surface area contributed by atoms with Crippen molar-refractivity contribution in [2.24, 2.45) is 0 Å². The van der Waals surface area contributed by atoms with E-state index in [0.717, 1.165) is 33.3 Å². The Morgan fingerprint density at radius 2 is 1.88 bits per heavy atom. The van der Waals surface area contributed by atoms with Crippen molar-refractivity contribution < 1.29 is 13.6 Å². The number of hydrogen-bond acceptors (Lipinski definition) is 3. The van der Waals surface area contributed by atoms with Crippen molar-refractivity contribution in [3.8, 4) is 0 Å². The molecule has 0 aliphatic rings. The summed E-state index contributed by atoms with van der Waals surface area (Å²) in [6, 6.07) is 7.13. The zero-order chi connectivity index (χ0) is 12.4. The normalized spacial score (nSPS) is 11.1. The van der Waals surface area contributed by atoms with Gasteiger partial charge in [0.2, 0.25) is 0 Å². The fourth-order valence-electron chi connectivity index (χ4n) is 1.55. The van der Waals surface area contributed by atoms with E-state index in [4.69, 9.17) is 4.33 Å². The molecule has 0 spiro atoms. The molecule has 2 aromatic carbocycles. The minimum atomic E-state index is -0.273. The molecular formula is C12H10BrFO2S. The van der Waals surface area contributed by atoms with Crippen molar-refractivity contribution in [2.45, 2.75) is 11.8 Å². The van der Waals surface area contributed by atoms with Gasteiger partial charge in [-0.3, -0.25) is 0 Å². The summed E-state index contributed by atoms with van der Waals surface area (Å²) in [5.41, 5.74) is 1.05. The molecule has 0 atom stereocenters. The van der Waals surface area contributed by atoms with Crippen molar-refractivity contribution >= 4 is 38.7 Å². The lowest BCUT2D eigenvalue weighted by Gasteiger charge is -2.07. The van der Waals surface area contributed by atoms with Crippen LogP contribution in [0.1, 0.15) is 5.56 Å². The first-order chi connectivity index (χ1) is 8.11. The second kappa shape index (κ2) is 5.35. The molecule has 0 amide bonds. The summed E-state index contributed by atoms with van der Waals surface area (Å²) in [7, 11) is 1.44. The molecule has 0 aliphatic carbocycles. The van der Waals surface area contributed by atoms with Crippen LogP contribution in [0.5, 0.6) is 0 Å². The van der Waals surface area contributed by atoms with E-state index in [1.165, 1.54) is 13.2 Å². The Balaban J connectivity index is 2.51. The Bertz CT molecular complexity index is 560. The quantitative estimate of drug-likeness (QED) is 0.467. The average Bonchev–Trinajstić information content (AvgIpc) is 2.29. The van der Waals surface area contributed by atoms with Gasteiger partial charge in [-0.05, 0) is 57.4 Å². The minimum absolute atomic E-state index is 0.273. The summed E-state index contributed by atoms with van der Waals surface area (Å²) in [5, 5.41) is 1.82. The van der Waals surface area contributed by atoms with Crippen LogP contribution in [0, 0.1) is 12.7 Å². The highest BCUT2D eigenvalue weighted by molar-refractivity contribution is 9.10. The lowest BCUT2D eigenvalue weighted by Crippen LogP contribution is -1.86. The number of fused-ring (bicyclic) bond motifs is 1. The van der Waals surface area contributed by atoms with Crippen molar-refractivity contribution in [3.63, 3.8) is 0 Å². The van der Waals surface area contributed by atoms with Crippen molar-refractivity contribution in [3.05, 3.63) is 40.1 Å². The van der Waals surface area contributed by atoms with E-state index in [9.17, 15) is 4.39 Å². The first-order valence-corrected chi connectivity index (χ1v) is 6.42. The maximum absolute atomic E-state index is 13.4. The molecule has 2 rings (SSSR count). The average molecular weight is 317 g/mol. The number of benzene rings is 2. The Hall–Kier alpha value is -0.620. The van der Waals surface area contributed by atoms with Crippen LogP contribution in [0.4, 0.5) is 4.39 Å². The molecule has 90 valence electrons. The number of aryl methyl sites for hydroxylation is 1. The van der Waals surface area contributed by atoms with E-state index in [1.54, 1.807) is 6.07 Å². The van der Waals surface area contributed by atoms with Crippen LogP contribution >= 0.6 is 28.0 Å². The van der Waals surface area contributed by atoms with Gasteiger partial charge in [0.15, 0.2) is 0 Å². The van der Waals surface area contributed by atoms with E-state index in [-0.39, 0.29) is 5.82 Å². The standard InChI is InChI=1S/C12H10BrFO2S/c1-7-3-8-4-10(13)11(14)5-9(8)6-12(7)17-16-15-2/h3-6H,1-2H3. The van der Waals surface area contributed by atoms with Gasteiger partial charge in [-0.25, -0.2) is 9.28 Å². The minimum Gasteiger partial charge on any atom is -0.227 e. The Morgan fingerprint density at radius 1 is 1.18 bits per heavy atom. The van der Waals surface area contributed by atoms with Crippen LogP contribution in [-0.2, 0) is 9.22 Å². The highest BCUT2D eigenvalue weighted by Crippen LogP contribution is 2.30. The molecule has 0 saturated heterocycles. The van der Waals surface area contributed by atoms with E-state index in [0.29, 0.717) is 4.47 Å². The molecule has 0 unspecified atom stereocenters. The van der Waals surface area contributed by atoms with Crippen molar-refractivity contribution in [1.29, 1.82) is 0 Å². The monoisotopic (exact) mass is 316 g/mol. The zero-order valence-corrected chi connectivity index (χ0v) is 11.7. The third-order valence-corrected chi connectivity index (χ3v) is 3.80. The topological polar surface area (TPSA) is 18.5 Å². The summed E-state index contributed by atoms with van der Waals surface area (Å²) in [6.45, 7) is 1.97. The first kappa shape index (κ1) is 12.8. The summed E-state index contributed by atoms with van der Waals surface area (Å²) in [5.74, 6) is -0.273. The Labute approximate surface area is 111 Å². The Kier molecular flexibility index (Phi) is 4.04. The third-order valence-electron chi connectivity index (χ3n) is 2.37. The van der Waals surface area contributed by atoms with Crippen LogP contribution in [0.25, 0.3) is 10.8 Å². The van der Waals surface area contributed by atoms with Gasteiger partial charge in [0.05, 0.1) is 23.6 Å². The zero-order valence-electron chi connectivity index (χ0n) is 9.29. The maximum Gasteiger partial charge on any atom is 0.138 e. The van der Waals surface area contributed by atoms with Gasteiger partial charge in [0, 0.05) is 4.90 Å². The third kappa shape index (κ3) is 2.80. The van der Waals surface area contributed by atoms with Crippen LogP contribution in [0.15, 0.2) is 33.6 Å². The van der Waals surface area contributed by atoms with E-state index >= 15 is 0 Å². The SMILES string of the molecule is COOSc1cc2cc(F)c(Br)cc2cc1C. The lowest BCUT2D eigenvalue weighted by molar-refractivity contribution is -0.160. The molecule has 0 heterocycles. The van der Waals surface area contributed by atoms with Crippen LogP contribution in [0.3, 0.4) is 0 Å². The summed E-state index contributed by atoms with van der Waals surface area (Å²) < 4.78 is 18.7. The predicted molar refractivity (Wildman–Crippen MR) is 70.3 cm³/mol. The molecule has 0 radical (unpaired) electrons. The number of rotatable bonds is 3. The van der Waals surface area contributed by atoms with Crippen LogP contribution in [-0.4, -0.2) is 7.11 Å². The fourth-order valence-corrected chi connectivity index (χ4v) is 2.42. The molecule has 17 heavy (non-hydrogen) atoms. The predicted octanol–water partition coefficient (Wildman–Crippen LogP) is 4.63. The van der Waals surface area contributed by atoms with Crippen molar-refractivity contribution in [1.82, 2.24) is 0 Å². The second-order valence-corrected chi connectivity index (χ2v) is 5.15.